The zero-order chi connectivity index (χ0) is 35.4. The summed E-state index contributed by atoms with van der Waals surface area (Å²) in [6.45, 7) is 14.2. The molecule has 2 amide bonds. The summed E-state index contributed by atoms with van der Waals surface area (Å²) in [7, 11) is 0. The van der Waals surface area contributed by atoms with E-state index in [1.807, 2.05) is 81.4 Å². The lowest BCUT2D eigenvalue weighted by Gasteiger charge is -2.31. The minimum absolute atomic E-state index is 0.202. The van der Waals surface area contributed by atoms with Crippen molar-refractivity contribution in [2.45, 2.75) is 85.5 Å². The molecule has 0 unspecified atom stereocenters. The molecular weight excluding hydrogens is 620 g/mol. The lowest BCUT2D eigenvalue weighted by atomic mass is 9.87. The van der Waals surface area contributed by atoms with Gasteiger partial charge in [-0.2, -0.15) is 0 Å². The zero-order valence-electron chi connectivity index (χ0n) is 29.8. The molecule has 10 nitrogen and oxygen atoms in total. The number of carbonyl (C=O) groups excluding carboxylic acids is 3. The number of nitrogens with one attached hydrogen (secondary N) is 2. The SMILES string of the molecule is CC(C)(C)C[C@@H](NC(=O)OC(C)(C)C)C(=O)Nc1ccc(-c2ccncc2)c(OCCC2CCN(CC(=O)OCc3ccccc3)CC2)c1. The third kappa shape index (κ3) is 13.2. The first-order chi connectivity index (χ1) is 23.2. The minimum Gasteiger partial charge on any atom is -0.493 e. The number of anilines is 1. The molecule has 1 fully saturated rings. The monoisotopic (exact) mass is 672 g/mol. The maximum absolute atomic E-state index is 13.5. The van der Waals surface area contributed by atoms with Gasteiger partial charge in [-0.15, -0.1) is 0 Å². The number of nitrogens with zero attached hydrogens (tertiary/aromatic N) is 2. The Hall–Kier alpha value is -4.44. The summed E-state index contributed by atoms with van der Waals surface area (Å²) in [6.07, 6.45) is 6.07. The van der Waals surface area contributed by atoms with Crippen molar-refractivity contribution in [3.63, 3.8) is 0 Å². The lowest BCUT2D eigenvalue weighted by molar-refractivity contribution is -0.146. The number of aromatic nitrogens is 1. The largest absolute Gasteiger partial charge is 0.493 e. The molecule has 1 aliphatic heterocycles. The van der Waals surface area contributed by atoms with Gasteiger partial charge >= 0.3 is 12.1 Å². The quantitative estimate of drug-likeness (QED) is 0.183. The van der Waals surface area contributed by atoms with Gasteiger partial charge < -0.3 is 24.8 Å². The van der Waals surface area contributed by atoms with E-state index in [1.165, 1.54) is 0 Å². The Morgan fingerprint density at radius 1 is 0.939 bits per heavy atom. The minimum atomic E-state index is -0.796. The summed E-state index contributed by atoms with van der Waals surface area (Å²) in [5.74, 6) is 0.585. The van der Waals surface area contributed by atoms with Gasteiger partial charge in [0.05, 0.1) is 13.2 Å². The van der Waals surface area contributed by atoms with Crippen LogP contribution in [0.5, 0.6) is 5.75 Å². The Bertz CT molecular complexity index is 1510. The molecule has 0 bridgehead atoms. The van der Waals surface area contributed by atoms with Gasteiger partial charge in [-0.3, -0.25) is 19.5 Å². The zero-order valence-corrected chi connectivity index (χ0v) is 29.8. The van der Waals surface area contributed by atoms with E-state index in [4.69, 9.17) is 14.2 Å². The second-order valence-corrected chi connectivity index (χ2v) is 14.9. The maximum Gasteiger partial charge on any atom is 0.408 e. The molecule has 10 heteroatoms. The number of piperidine rings is 1. The van der Waals surface area contributed by atoms with Crippen molar-refractivity contribution in [3.8, 4) is 16.9 Å². The van der Waals surface area contributed by atoms with Crippen molar-refractivity contribution in [1.29, 1.82) is 0 Å². The Morgan fingerprint density at radius 2 is 1.63 bits per heavy atom. The number of benzene rings is 2. The molecular formula is C39H52N4O6. The van der Waals surface area contributed by atoms with Crippen LogP contribution in [-0.2, 0) is 25.7 Å². The number of likely N-dealkylation sites (tertiary alicyclic amines) is 1. The van der Waals surface area contributed by atoms with Gasteiger partial charge in [0.1, 0.15) is 24.0 Å². The summed E-state index contributed by atoms with van der Waals surface area (Å²) in [4.78, 5) is 44.8. The summed E-state index contributed by atoms with van der Waals surface area (Å²) in [5, 5.41) is 5.74. The molecule has 3 aromatic rings. The van der Waals surface area contributed by atoms with Crippen molar-refractivity contribution in [2.24, 2.45) is 11.3 Å². The number of rotatable bonds is 13. The molecule has 264 valence electrons. The number of alkyl carbamates (subject to hydrolysis) is 1. The van der Waals surface area contributed by atoms with Crippen LogP contribution < -0.4 is 15.4 Å². The number of amides is 2. The Labute approximate surface area is 290 Å². The van der Waals surface area contributed by atoms with Gasteiger partial charge in [-0.1, -0.05) is 51.1 Å². The lowest BCUT2D eigenvalue weighted by Crippen LogP contribution is -2.47. The van der Waals surface area contributed by atoms with Crippen LogP contribution in [0.4, 0.5) is 10.5 Å². The number of hydrogen-bond acceptors (Lipinski definition) is 8. The second kappa shape index (κ2) is 17.3. The van der Waals surface area contributed by atoms with Crippen LogP contribution in [0.1, 0.15) is 72.8 Å². The van der Waals surface area contributed by atoms with Gasteiger partial charge in [-0.05, 0) is 106 Å². The van der Waals surface area contributed by atoms with Crippen LogP contribution in [0, 0.1) is 11.3 Å². The molecule has 49 heavy (non-hydrogen) atoms. The van der Waals surface area contributed by atoms with Crippen molar-refractivity contribution in [2.75, 3.05) is 31.6 Å². The van der Waals surface area contributed by atoms with Crippen molar-refractivity contribution in [3.05, 3.63) is 78.6 Å². The molecule has 0 radical (unpaired) electrons. The van der Waals surface area contributed by atoms with Crippen LogP contribution in [0.2, 0.25) is 0 Å². The van der Waals surface area contributed by atoms with Crippen LogP contribution in [0.25, 0.3) is 11.1 Å². The van der Waals surface area contributed by atoms with Gasteiger partial charge in [-0.25, -0.2) is 4.79 Å². The summed E-state index contributed by atoms with van der Waals surface area (Å²) in [6, 6.07) is 18.3. The van der Waals surface area contributed by atoms with E-state index < -0.39 is 17.7 Å². The van der Waals surface area contributed by atoms with Gasteiger partial charge in [0.25, 0.3) is 0 Å². The molecule has 0 spiro atoms. The van der Waals surface area contributed by atoms with E-state index in [-0.39, 0.29) is 17.3 Å². The highest BCUT2D eigenvalue weighted by Gasteiger charge is 2.29. The fourth-order valence-electron chi connectivity index (χ4n) is 5.73. The van der Waals surface area contributed by atoms with E-state index in [0.717, 1.165) is 49.0 Å². The number of ether oxygens (including phenoxy) is 3. The smallest absolute Gasteiger partial charge is 0.408 e. The molecule has 0 saturated carbocycles. The molecule has 1 atom stereocenters. The maximum atomic E-state index is 13.5. The highest BCUT2D eigenvalue weighted by atomic mass is 16.6. The molecule has 4 rings (SSSR count). The molecule has 0 aliphatic carbocycles. The van der Waals surface area contributed by atoms with Crippen molar-refractivity contribution in [1.82, 2.24) is 15.2 Å². The normalized spacial score (nSPS) is 14.8. The van der Waals surface area contributed by atoms with Crippen LogP contribution >= 0.6 is 0 Å². The first-order valence-electron chi connectivity index (χ1n) is 17.1. The highest BCUT2D eigenvalue weighted by Crippen LogP contribution is 2.33. The van der Waals surface area contributed by atoms with Crippen LogP contribution in [-0.4, -0.2) is 65.7 Å². The second-order valence-electron chi connectivity index (χ2n) is 14.9. The Morgan fingerprint density at radius 3 is 2.29 bits per heavy atom. The van der Waals surface area contributed by atoms with E-state index >= 15 is 0 Å². The number of hydrogen-bond donors (Lipinski definition) is 2. The summed E-state index contributed by atoms with van der Waals surface area (Å²) >= 11 is 0. The van der Waals surface area contributed by atoms with Crippen LogP contribution in [0.3, 0.4) is 0 Å². The fourth-order valence-corrected chi connectivity index (χ4v) is 5.73. The van der Waals surface area contributed by atoms with Gasteiger partial charge in [0, 0.05) is 29.7 Å². The summed E-state index contributed by atoms with van der Waals surface area (Å²) in [5.41, 5.74) is 2.48. The molecule has 2 aromatic carbocycles. The van der Waals surface area contributed by atoms with E-state index in [9.17, 15) is 14.4 Å². The summed E-state index contributed by atoms with van der Waals surface area (Å²) < 4.78 is 17.3. The predicted octanol–water partition coefficient (Wildman–Crippen LogP) is 7.24. The van der Waals surface area contributed by atoms with Crippen LogP contribution in [0.15, 0.2) is 73.1 Å². The standard InChI is InChI=1S/C39H52N4O6/c1-38(2,3)25-33(42-37(46)49-39(4,5)6)36(45)41-31-12-13-32(30-14-19-40-20-15-30)34(24-31)47-23-18-28-16-21-43(22-17-28)26-35(44)48-27-29-10-8-7-9-11-29/h7-15,19-20,24,28,33H,16-18,21-23,25-27H2,1-6H3,(H,41,45)(H,42,46)/t33-/m1/s1. The Kier molecular flexibility index (Phi) is 13.2. The topological polar surface area (TPSA) is 119 Å². The average Bonchev–Trinajstić information content (AvgIpc) is 3.04. The van der Waals surface area contributed by atoms with Gasteiger partial charge in [0.15, 0.2) is 0 Å². The molecule has 2 N–H and O–H groups in total. The number of carbonyl (C=O) groups is 3. The van der Waals surface area contributed by atoms with E-state index in [1.54, 1.807) is 33.2 Å². The van der Waals surface area contributed by atoms with E-state index in [2.05, 4.69) is 20.5 Å². The molecule has 2 heterocycles. The average molecular weight is 673 g/mol. The van der Waals surface area contributed by atoms with Crippen molar-refractivity contribution >= 4 is 23.7 Å². The number of esters is 1. The first-order valence-corrected chi connectivity index (χ1v) is 17.1. The van der Waals surface area contributed by atoms with Gasteiger partial charge in [0.2, 0.25) is 5.91 Å². The number of pyridine rings is 1. The Balaban J connectivity index is 1.34. The molecule has 1 saturated heterocycles. The van der Waals surface area contributed by atoms with Crippen molar-refractivity contribution < 1.29 is 28.6 Å². The predicted molar refractivity (Wildman–Crippen MR) is 191 cm³/mol. The third-order valence-corrected chi connectivity index (χ3v) is 8.15. The highest BCUT2D eigenvalue weighted by molar-refractivity contribution is 5.97. The fraction of sp³-hybridized carbons (Fsp3) is 0.487. The molecule has 1 aromatic heterocycles. The third-order valence-electron chi connectivity index (χ3n) is 8.15. The molecule has 1 aliphatic rings. The first kappa shape index (κ1) is 37.4. The van der Waals surface area contributed by atoms with E-state index in [0.29, 0.717) is 43.5 Å².